The van der Waals surface area contributed by atoms with E-state index in [0.717, 1.165) is 11.5 Å². The Morgan fingerprint density at radius 2 is 1.87 bits per heavy atom. The monoisotopic (exact) mass is 414 g/mol. The zero-order valence-corrected chi connectivity index (χ0v) is 17.8. The van der Waals surface area contributed by atoms with E-state index in [4.69, 9.17) is 18.9 Å². The number of nitrogens with one attached hydrogen (secondary N) is 1. The van der Waals surface area contributed by atoms with Crippen molar-refractivity contribution in [1.82, 2.24) is 4.90 Å². The highest BCUT2D eigenvalue weighted by Crippen LogP contribution is 2.31. The Bertz CT molecular complexity index is 842. The van der Waals surface area contributed by atoms with Crippen molar-refractivity contribution in [3.8, 4) is 23.0 Å². The predicted molar refractivity (Wildman–Crippen MR) is 116 cm³/mol. The van der Waals surface area contributed by atoms with Crippen molar-refractivity contribution in [3.63, 3.8) is 0 Å². The van der Waals surface area contributed by atoms with Gasteiger partial charge in [0.1, 0.15) is 24.2 Å². The second kappa shape index (κ2) is 10.7. The van der Waals surface area contributed by atoms with Crippen LogP contribution in [0.1, 0.15) is 20.8 Å². The highest BCUT2D eigenvalue weighted by Gasteiger charge is 2.23. The van der Waals surface area contributed by atoms with Crippen LogP contribution >= 0.6 is 0 Å². The van der Waals surface area contributed by atoms with Crippen molar-refractivity contribution in [3.05, 3.63) is 42.5 Å². The standard InChI is InChI=1S/C23H30N2O5/c1-4-25(14-18-16-29-21-9-7-8-10-22(21)30-18)15-23(26)24-19-13-17(27-5-2)11-12-20(19)28-6-3/h7-13,18H,4-6,14-16H2,1-3H3,(H,24,26). The van der Waals surface area contributed by atoms with Gasteiger partial charge in [0.15, 0.2) is 11.5 Å². The molecule has 7 heteroatoms. The second-order valence-corrected chi connectivity index (χ2v) is 6.90. The van der Waals surface area contributed by atoms with Crippen molar-refractivity contribution in [2.75, 3.05) is 44.8 Å². The molecule has 0 saturated carbocycles. The molecule has 1 heterocycles. The van der Waals surface area contributed by atoms with Crippen LogP contribution < -0.4 is 24.3 Å². The van der Waals surface area contributed by atoms with Gasteiger partial charge in [0.2, 0.25) is 5.91 Å². The second-order valence-electron chi connectivity index (χ2n) is 6.90. The molecule has 1 N–H and O–H groups in total. The fourth-order valence-corrected chi connectivity index (χ4v) is 3.28. The van der Waals surface area contributed by atoms with E-state index >= 15 is 0 Å². The van der Waals surface area contributed by atoms with Crippen LogP contribution in [0.3, 0.4) is 0 Å². The molecule has 2 aromatic carbocycles. The number of para-hydroxylation sites is 2. The van der Waals surface area contributed by atoms with E-state index in [1.807, 2.05) is 62.1 Å². The van der Waals surface area contributed by atoms with Gasteiger partial charge < -0.3 is 24.3 Å². The lowest BCUT2D eigenvalue weighted by molar-refractivity contribution is -0.117. The molecule has 1 aliphatic heterocycles. The Balaban J connectivity index is 1.60. The van der Waals surface area contributed by atoms with E-state index in [1.54, 1.807) is 6.07 Å². The van der Waals surface area contributed by atoms with Crippen LogP contribution in [0.4, 0.5) is 5.69 Å². The molecule has 0 aliphatic carbocycles. The lowest BCUT2D eigenvalue weighted by Gasteiger charge is -2.30. The number of hydrogen-bond acceptors (Lipinski definition) is 6. The summed E-state index contributed by atoms with van der Waals surface area (Å²) >= 11 is 0. The third-order valence-corrected chi connectivity index (χ3v) is 4.68. The van der Waals surface area contributed by atoms with Crippen molar-refractivity contribution in [2.24, 2.45) is 0 Å². The van der Waals surface area contributed by atoms with E-state index in [-0.39, 0.29) is 18.6 Å². The zero-order chi connectivity index (χ0) is 21.3. The maximum absolute atomic E-state index is 12.7. The number of rotatable bonds is 10. The molecule has 1 amide bonds. The number of likely N-dealkylation sites (N-methyl/N-ethyl adjacent to an activating group) is 1. The Hall–Kier alpha value is -2.93. The quantitative estimate of drug-likeness (QED) is 0.641. The molecular formula is C23H30N2O5. The summed E-state index contributed by atoms with van der Waals surface area (Å²) in [5.74, 6) is 2.69. The van der Waals surface area contributed by atoms with Gasteiger partial charge in [0.25, 0.3) is 0 Å². The Morgan fingerprint density at radius 3 is 2.60 bits per heavy atom. The largest absolute Gasteiger partial charge is 0.494 e. The molecule has 7 nitrogen and oxygen atoms in total. The summed E-state index contributed by atoms with van der Waals surface area (Å²) in [4.78, 5) is 14.8. The van der Waals surface area contributed by atoms with Crippen molar-refractivity contribution in [2.45, 2.75) is 26.9 Å². The molecule has 0 spiro atoms. The first-order valence-corrected chi connectivity index (χ1v) is 10.4. The lowest BCUT2D eigenvalue weighted by Crippen LogP contribution is -2.43. The molecule has 162 valence electrons. The zero-order valence-electron chi connectivity index (χ0n) is 17.8. The summed E-state index contributed by atoms with van der Waals surface area (Å²) < 4.78 is 23.0. The van der Waals surface area contributed by atoms with Crippen LogP contribution in [-0.4, -0.2) is 56.4 Å². The third kappa shape index (κ3) is 5.79. The average molecular weight is 415 g/mol. The predicted octanol–water partition coefficient (Wildman–Crippen LogP) is 3.58. The van der Waals surface area contributed by atoms with Gasteiger partial charge in [-0.15, -0.1) is 0 Å². The fraction of sp³-hybridized carbons (Fsp3) is 0.435. The molecule has 0 radical (unpaired) electrons. The number of carbonyl (C=O) groups excluding carboxylic acids is 1. The first kappa shape index (κ1) is 21.8. The summed E-state index contributed by atoms with van der Waals surface area (Å²) in [6, 6.07) is 13.1. The van der Waals surface area contributed by atoms with E-state index in [2.05, 4.69) is 5.32 Å². The van der Waals surface area contributed by atoms with Crippen LogP contribution in [0.15, 0.2) is 42.5 Å². The molecule has 1 unspecified atom stereocenters. The number of fused-ring (bicyclic) bond motifs is 1. The highest BCUT2D eigenvalue weighted by atomic mass is 16.6. The number of ether oxygens (including phenoxy) is 4. The normalized spacial score (nSPS) is 15.0. The Morgan fingerprint density at radius 1 is 1.10 bits per heavy atom. The molecular weight excluding hydrogens is 384 g/mol. The van der Waals surface area contributed by atoms with Crippen molar-refractivity contribution < 1.29 is 23.7 Å². The molecule has 30 heavy (non-hydrogen) atoms. The first-order valence-electron chi connectivity index (χ1n) is 10.4. The number of benzene rings is 2. The van der Waals surface area contributed by atoms with Crippen LogP contribution in [0, 0.1) is 0 Å². The van der Waals surface area contributed by atoms with Gasteiger partial charge in [-0.05, 0) is 44.7 Å². The Labute approximate surface area is 177 Å². The molecule has 0 aromatic heterocycles. The number of nitrogens with zero attached hydrogens (tertiary/aromatic N) is 1. The number of carbonyl (C=O) groups is 1. The average Bonchev–Trinajstić information content (AvgIpc) is 2.75. The summed E-state index contributed by atoms with van der Waals surface area (Å²) in [6.07, 6.45) is -0.132. The molecule has 2 aromatic rings. The highest BCUT2D eigenvalue weighted by molar-refractivity contribution is 5.94. The minimum atomic E-state index is -0.132. The molecule has 0 saturated heterocycles. The minimum Gasteiger partial charge on any atom is -0.494 e. The van der Waals surface area contributed by atoms with Gasteiger partial charge in [0, 0.05) is 12.6 Å². The van der Waals surface area contributed by atoms with Crippen LogP contribution in [-0.2, 0) is 4.79 Å². The lowest BCUT2D eigenvalue weighted by atomic mass is 10.2. The van der Waals surface area contributed by atoms with Gasteiger partial charge in [-0.1, -0.05) is 19.1 Å². The van der Waals surface area contributed by atoms with Crippen LogP contribution in [0.5, 0.6) is 23.0 Å². The molecule has 3 rings (SSSR count). The molecule has 1 atom stereocenters. The van der Waals surface area contributed by atoms with Gasteiger partial charge in [-0.2, -0.15) is 0 Å². The Kier molecular flexibility index (Phi) is 7.79. The fourth-order valence-electron chi connectivity index (χ4n) is 3.28. The van der Waals surface area contributed by atoms with Crippen LogP contribution in [0.25, 0.3) is 0 Å². The SMILES string of the molecule is CCOc1ccc(OCC)c(NC(=O)CN(CC)CC2COc3ccccc3O2)c1. The van der Waals surface area contributed by atoms with Gasteiger partial charge in [-0.25, -0.2) is 0 Å². The summed E-state index contributed by atoms with van der Waals surface area (Å²) in [7, 11) is 0. The smallest absolute Gasteiger partial charge is 0.238 e. The maximum atomic E-state index is 12.7. The van der Waals surface area contributed by atoms with E-state index in [1.165, 1.54) is 0 Å². The van der Waals surface area contributed by atoms with Crippen LogP contribution in [0.2, 0.25) is 0 Å². The van der Waals surface area contributed by atoms with Gasteiger partial charge >= 0.3 is 0 Å². The van der Waals surface area contributed by atoms with Gasteiger partial charge in [0.05, 0.1) is 25.4 Å². The molecule has 1 aliphatic rings. The summed E-state index contributed by atoms with van der Waals surface area (Å²) in [6.45, 7) is 8.92. The topological polar surface area (TPSA) is 69.3 Å². The van der Waals surface area contributed by atoms with E-state index < -0.39 is 0 Å². The van der Waals surface area contributed by atoms with E-state index in [9.17, 15) is 4.79 Å². The summed E-state index contributed by atoms with van der Waals surface area (Å²) in [5.41, 5.74) is 0.607. The third-order valence-electron chi connectivity index (χ3n) is 4.68. The number of hydrogen-bond donors (Lipinski definition) is 1. The number of amides is 1. The van der Waals surface area contributed by atoms with Crippen molar-refractivity contribution >= 4 is 11.6 Å². The number of anilines is 1. The minimum absolute atomic E-state index is 0.122. The summed E-state index contributed by atoms with van der Waals surface area (Å²) in [5, 5.41) is 2.95. The van der Waals surface area contributed by atoms with Gasteiger partial charge in [-0.3, -0.25) is 9.69 Å². The van der Waals surface area contributed by atoms with E-state index in [0.29, 0.717) is 50.1 Å². The first-order chi connectivity index (χ1) is 14.6. The van der Waals surface area contributed by atoms with Crippen molar-refractivity contribution in [1.29, 1.82) is 0 Å². The molecule has 0 fully saturated rings. The maximum Gasteiger partial charge on any atom is 0.238 e. The molecule has 0 bridgehead atoms.